The Morgan fingerprint density at radius 2 is 2.00 bits per heavy atom. The Bertz CT molecular complexity index is 434. The molecule has 0 aromatic heterocycles. The Labute approximate surface area is 108 Å². The fourth-order valence-corrected chi connectivity index (χ4v) is 1.61. The summed E-state index contributed by atoms with van der Waals surface area (Å²) in [4.78, 5) is 10.9. The van der Waals surface area contributed by atoms with Crippen molar-refractivity contribution in [1.29, 1.82) is 0 Å². The molecule has 100 valence electrons. The Kier molecular flexibility index (Phi) is 4.97. The molecule has 0 spiro atoms. The molecule has 0 atom stereocenters. The van der Waals surface area contributed by atoms with Gasteiger partial charge >= 0.3 is 12.3 Å². The van der Waals surface area contributed by atoms with Crippen molar-refractivity contribution in [2.45, 2.75) is 6.36 Å². The number of halogens is 4. The van der Waals surface area contributed by atoms with Crippen LogP contribution < -0.4 is 4.74 Å². The van der Waals surface area contributed by atoms with Crippen LogP contribution in [-0.2, 0) is 4.74 Å². The average Bonchev–Trinajstić information content (AvgIpc) is 2.24. The standard InChI is InChI=1S/C10H8BrF3O4/c11-7-3-1-2-6(9(15)16)8(7)17-4-5-18-10(12,13)14/h1-3H,4-5H2,(H,15,16). The van der Waals surface area contributed by atoms with Crippen molar-refractivity contribution in [3.8, 4) is 5.75 Å². The van der Waals surface area contributed by atoms with Crippen LogP contribution in [0.15, 0.2) is 22.7 Å². The zero-order valence-corrected chi connectivity index (χ0v) is 10.4. The highest BCUT2D eigenvalue weighted by molar-refractivity contribution is 9.10. The number of aromatic carboxylic acids is 1. The molecule has 0 unspecified atom stereocenters. The Hall–Kier alpha value is -1.28. The van der Waals surface area contributed by atoms with E-state index in [9.17, 15) is 18.0 Å². The van der Waals surface area contributed by atoms with Gasteiger partial charge in [-0.3, -0.25) is 4.74 Å². The fourth-order valence-electron chi connectivity index (χ4n) is 1.13. The van der Waals surface area contributed by atoms with Crippen molar-refractivity contribution in [1.82, 2.24) is 0 Å². The van der Waals surface area contributed by atoms with Crippen molar-refractivity contribution in [3.63, 3.8) is 0 Å². The highest BCUT2D eigenvalue weighted by Crippen LogP contribution is 2.29. The SMILES string of the molecule is O=C(O)c1cccc(Br)c1OCCOC(F)(F)F. The summed E-state index contributed by atoms with van der Waals surface area (Å²) in [5.74, 6) is -1.26. The molecule has 8 heteroatoms. The third-order valence-electron chi connectivity index (χ3n) is 1.79. The van der Waals surface area contributed by atoms with Crippen LogP contribution in [0.25, 0.3) is 0 Å². The highest BCUT2D eigenvalue weighted by Gasteiger charge is 2.28. The van der Waals surface area contributed by atoms with E-state index in [1.807, 2.05) is 0 Å². The summed E-state index contributed by atoms with van der Waals surface area (Å²) in [6, 6.07) is 4.28. The van der Waals surface area contributed by atoms with Gasteiger partial charge in [0, 0.05) is 0 Å². The smallest absolute Gasteiger partial charge is 0.489 e. The van der Waals surface area contributed by atoms with Crippen molar-refractivity contribution in [2.24, 2.45) is 0 Å². The van der Waals surface area contributed by atoms with E-state index in [1.165, 1.54) is 18.2 Å². The van der Waals surface area contributed by atoms with Gasteiger partial charge in [0.05, 0.1) is 11.1 Å². The summed E-state index contributed by atoms with van der Waals surface area (Å²) in [6.45, 7) is -1.13. The van der Waals surface area contributed by atoms with Gasteiger partial charge in [-0.1, -0.05) is 6.07 Å². The normalized spacial score (nSPS) is 11.3. The predicted molar refractivity (Wildman–Crippen MR) is 58.6 cm³/mol. The lowest BCUT2D eigenvalue weighted by atomic mass is 10.2. The summed E-state index contributed by atoms with van der Waals surface area (Å²) in [7, 11) is 0. The molecule has 0 saturated heterocycles. The molecule has 0 heterocycles. The van der Waals surface area contributed by atoms with Gasteiger partial charge in [0.1, 0.15) is 17.9 Å². The van der Waals surface area contributed by atoms with Crippen LogP contribution in [-0.4, -0.2) is 30.7 Å². The Morgan fingerprint density at radius 3 is 2.56 bits per heavy atom. The lowest BCUT2D eigenvalue weighted by Crippen LogP contribution is -2.18. The van der Waals surface area contributed by atoms with E-state index in [-0.39, 0.29) is 11.3 Å². The second kappa shape index (κ2) is 6.05. The number of benzene rings is 1. The summed E-state index contributed by atoms with van der Waals surface area (Å²) >= 11 is 3.06. The number of carboxylic acids is 1. The van der Waals surface area contributed by atoms with Gasteiger partial charge in [-0.25, -0.2) is 4.79 Å². The molecule has 0 amide bonds. The first kappa shape index (κ1) is 14.8. The maximum atomic E-state index is 11.7. The van der Waals surface area contributed by atoms with Crippen molar-refractivity contribution in [3.05, 3.63) is 28.2 Å². The summed E-state index contributed by atoms with van der Waals surface area (Å²) in [5.41, 5.74) is -0.142. The van der Waals surface area contributed by atoms with E-state index < -0.39 is 25.5 Å². The van der Waals surface area contributed by atoms with Gasteiger partial charge in [-0.15, -0.1) is 13.2 Å². The Balaban J connectivity index is 2.64. The van der Waals surface area contributed by atoms with Crippen LogP contribution in [0, 0.1) is 0 Å². The highest BCUT2D eigenvalue weighted by atomic mass is 79.9. The third kappa shape index (κ3) is 4.53. The first-order valence-electron chi connectivity index (χ1n) is 4.66. The summed E-state index contributed by atoms with van der Waals surface area (Å²) < 4.78 is 43.9. The number of carboxylic acid groups (broad SMARTS) is 1. The zero-order chi connectivity index (χ0) is 13.8. The zero-order valence-electron chi connectivity index (χ0n) is 8.83. The first-order chi connectivity index (χ1) is 8.31. The van der Waals surface area contributed by atoms with E-state index in [0.29, 0.717) is 4.47 Å². The first-order valence-corrected chi connectivity index (χ1v) is 5.46. The number of ether oxygens (including phenoxy) is 2. The molecule has 1 aromatic carbocycles. The molecule has 0 saturated carbocycles. The summed E-state index contributed by atoms with van der Waals surface area (Å²) in [6.07, 6.45) is -4.73. The van der Waals surface area contributed by atoms with Crippen LogP contribution in [0.5, 0.6) is 5.75 Å². The third-order valence-corrected chi connectivity index (χ3v) is 2.42. The minimum atomic E-state index is -4.73. The van der Waals surface area contributed by atoms with Crippen molar-refractivity contribution < 1.29 is 32.5 Å². The van der Waals surface area contributed by atoms with E-state index in [2.05, 4.69) is 20.7 Å². The lowest BCUT2D eigenvalue weighted by Gasteiger charge is -2.12. The van der Waals surface area contributed by atoms with Gasteiger partial charge in [0.15, 0.2) is 0 Å². The van der Waals surface area contributed by atoms with Gasteiger partial charge in [0.2, 0.25) is 0 Å². The quantitative estimate of drug-likeness (QED) is 0.844. The van der Waals surface area contributed by atoms with Gasteiger partial charge in [0.25, 0.3) is 0 Å². The van der Waals surface area contributed by atoms with Crippen LogP contribution in [0.1, 0.15) is 10.4 Å². The number of hydrogen-bond donors (Lipinski definition) is 1. The van der Waals surface area contributed by atoms with Crippen LogP contribution >= 0.6 is 15.9 Å². The predicted octanol–water partition coefficient (Wildman–Crippen LogP) is 3.06. The van der Waals surface area contributed by atoms with Crippen LogP contribution in [0.3, 0.4) is 0 Å². The van der Waals surface area contributed by atoms with E-state index in [1.54, 1.807) is 0 Å². The average molecular weight is 329 g/mol. The maximum absolute atomic E-state index is 11.7. The number of carbonyl (C=O) groups is 1. The Morgan fingerprint density at radius 1 is 1.33 bits per heavy atom. The molecule has 1 rings (SSSR count). The fraction of sp³-hybridized carbons (Fsp3) is 0.300. The molecule has 1 N–H and O–H groups in total. The molecule has 0 bridgehead atoms. The molecule has 0 aliphatic carbocycles. The minimum Gasteiger partial charge on any atom is -0.489 e. The van der Waals surface area contributed by atoms with E-state index in [0.717, 1.165) is 0 Å². The second-order valence-corrected chi connectivity index (χ2v) is 3.92. The lowest BCUT2D eigenvalue weighted by molar-refractivity contribution is -0.325. The molecule has 1 aromatic rings. The van der Waals surface area contributed by atoms with Crippen molar-refractivity contribution >= 4 is 21.9 Å². The van der Waals surface area contributed by atoms with Gasteiger partial charge in [-0.05, 0) is 28.1 Å². The second-order valence-electron chi connectivity index (χ2n) is 3.06. The number of para-hydroxylation sites is 1. The van der Waals surface area contributed by atoms with Gasteiger partial charge < -0.3 is 9.84 Å². The molecule has 0 fully saturated rings. The largest absolute Gasteiger partial charge is 0.522 e. The van der Waals surface area contributed by atoms with Crippen molar-refractivity contribution in [2.75, 3.05) is 13.2 Å². The monoisotopic (exact) mass is 328 g/mol. The van der Waals surface area contributed by atoms with E-state index in [4.69, 9.17) is 9.84 Å². The van der Waals surface area contributed by atoms with Gasteiger partial charge in [-0.2, -0.15) is 0 Å². The molecular formula is C10H8BrF3O4. The number of rotatable bonds is 5. The maximum Gasteiger partial charge on any atom is 0.522 e. The minimum absolute atomic E-state index is 0.0317. The summed E-state index contributed by atoms with van der Waals surface area (Å²) in [5, 5.41) is 8.86. The van der Waals surface area contributed by atoms with E-state index >= 15 is 0 Å². The number of hydrogen-bond acceptors (Lipinski definition) is 3. The molecule has 18 heavy (non-hydrogen) atoms. The topological polar surface area (TPSA) is 55.8 Å². The number of alkyl halides is 3. The van der Waals surface area contributed by atoms with Crippen LogP contribution in [0.4, 0.5) is 13.2 Å². The molecule has 0 radical (unpaired) electrons. The molecule has 0 aliphatic heterocycles. The molecular weight excluding hydrogens is 321 g/mol. The molecule has 4 nitrogen and oxygen atoms in total. The van der Waals surface area contributed by atoms with Crippen LogP contribution in [0.2, 0.25) is 0 Å². The molecule has 0 aliphatic rings.